The van der Waals surface area contributed by atoms with E-state index in [0.29, 0.717) is 17.1 Å². The van der Waals surface area contributed by atoms with Crippen LogP contribution in [0.3, 0.4) is 0 Å². The molecule has 0 fully saturated rings. The van der Waals surface area contributed by atoms with Crippen LogP contribution in [0.2, 0.25) is 0 Å². The summed E-state index contributed by atoms with van der Waals surface area (Å²) in [6.45, 7) is 3.15. The normalized spacial score (nSPS) is 10.9. The van der Waals surface area contributed by atoms with E-state index in [1.807, 2.05) is 6.08 Å². The molecule has 0 aromatic carbocycles. The minimum Gasteiger partial charge on any atom is -0.288 e. The number of pyridine rings is 1. The van der Waals surface area contributed by atoms with E-state index in [4.69, 9.17) is 0 Å². The fourth-order valence-corrected chi connectivity index (χ4v) is 1.42. The number of aryl methyl sites for hydroxylation is 1. The van der Waals surface area contributed by atoms with Crippen LogP contribution in [0.1, 0.15) is 18.3 Å². The summed E-state index contributed by atoms with van der Waals surface area (Å²) in [6.07, 6.45) is 3.62. The Hall–Kier alpha value is -1.16. The first-order valence-electron chi connectivity index (χ1n) is 4.52. The molecule has 0 aliphatic heterocycles. The Labute approximate surface area is 92.6 Å². The zero-order valence-electron chi connectivity index (χ0n) is 8.66. The predicted octanol–water partition coefficient (Wildman–Crippen LogP) is 2.82. The van der Waals surface area contributed by atoms with E-state index >= 15 is 0 Å². The van der Waals surface area contributed by atoms with Gasteiger partial charge in [0.2, 0.25) is 0 Å². The van der Waals surface area contributed by atoms with Gasteiger partial charge in [-0.25, -0.2) is 4.39 Å². The van der Waals surface area contributed by atoms with E-state index in [2.05, 4.69) is 4.98 Å². The molecule has 0 amide bonds. The molecule has 4 heteroatoms. The van der Waals surface area contributed by atoms with Gasteiger partial charge in [0.1, 0.15) is 5.82 Å². The van der Waals surface area contributed by atoms with Crippen LogP contribution in [0.25, 0.3) is 6.08 Å². The highest BCUT2D eigenvalue weighted by Crippen LogP contribution is 2.07. The summed E-state index contributed by atoms with van der Waals surface area (Å²) in [7, 11) is 0. The second kappa shape index (κ2) is 5.66. The summed E-state index contributed by atoms with van der Waals surface area (Å²) < 4.78 is 12.9. The Bertz CT molecular complexity index is 390. The summed E-state index contributed by atoms with van der Waals surface area (Å²) >= 11 is 1.23. The molecule has 0 spiro atoms. The van der Waals surface area contributed by atoms with Gasteiger partial charge in [-0.2, -0.15) is 0 Å². The second-order valence-corrected chi connectivity index (χ2v) is 4.21. The van der Waals surface area contributed by atoms with E-state index in [1.54, 1.807) is 19.1 Å². The van der Waals surface area contributed by atoms with Gasteiger partial charge in [0, 0.05) is 12.7 Å². The van der Waals surface area contributed by atoms with Gasteiger partial charge in [-0.05, 0) is 25.1 Å². The highest BCUT2D eigenvalue weighted by atomic mass is 32.2. The molecule has 1 aromatic rings. The van der Waals surface area contributed by atoms with Crippen molar-refractivity contribution in [1.82, 2.24) is 4.98 Å². The lowest BCUT2D eigenvalue weighted by Crippen LogP contribution is -1.90. The highest BCUT2D eigenvalue weighted by molar-refractivity contribution is 8.13. The maximum atomic E-state index is 12.9. The number of halogens is 1. The summed E-state index contributed by atoms with van der Waals surface area (Å²) in [4.78, 5) is 14.7. The van der Waals surface area contributed by atoms with E-state index < -0.39 is 0 Å². The number of hydrogen-bond acceptors (Lipinski definition) is 3. The van der Waals surface area contributed by atoms with E-state index in [1.165, 1.54) is 24.8 Å². The Balaban J connectivity index is 2.57. The minimum atomic E-state index is -0.301. The number of carbonyl (C=O) groups is 1. The van der Waals surface area contributed by atoms with Crippen LogP contribution in [-0.4, -0.2) is 15.9 Å². The quantitative estimate of drug-likeness (QED) is 0.792. The number of aromatic nitrogens is 1. The average molecular weight is 225 g/mol. The van der Waals surface area contributed by atoms with Crippen molar-refractivity contribution in [2.24, 2.45) is 0 Å². The molecule has 0 atom stereocenters. The SMILES string of the molecule is CC(=O)SCC=Cc1ccc(F)c(C)n1. The Morgan fingerprint density at radius 2 is 2.33 bits per heavy atom. The molecule has 15 heavy (non-hydrogen) atoms. The lowest BCUT2D eigenvalue weighted by Gasteiger charge is -1.96. The minimum absolute atomic E-state index is 0.0860. The van der Waals surface area contributed by atoms with Gasteiger partial charge in [0.25, 0.3) is 0 Å². The molecule has 0 aliphatic rings. The molecule has 0 aliphatic carbocycles. The summed E-state index contributed by atoms with van der Waals surface area (Å²) in [5.41, 5.74) is 1.09. The first-order valence-corrected chi connectivity index (χ1v) is 5.51. The second-order valence-electron chi connectivity index (χ2n) is 3.01. The summed E-state index contributed by atoms with van der Waals surface area (Å²) in [5.74, 6) is 0.318. The van der Waals surface area contributed by atoms with Crippen LogP contribution in [0.5, 0.6) is 0 Å². The van der Waals surface area contributed by atoms with Crippen molar-refractivity contribution in [3.63, 3.8) is 0 Å². The third-order valence-electron chi connectivity index (χ3n) is 1.71. The van der Waals surface area contributed by atoms with Gasteiger partial charge in [-0.15, -0.1) is 0 Å². The van der Waals surface area contributed by atoms with Crippen LogP contribution in [-0.2, 0) is 4.79 Å². The largest absolute Gasteiger partial charge is 0.288 e. The third-order valence-corrected chi connectivity index (χ3v) is 2.48. The van der Waals surface area contributed by atoms with Crippen molar-refractivity contribution in [2.75, 3.05) is 5.75 Å². The summed E-state index contributed by atoms with van der Waals surface area (Å²) in [5, 5.41) is 0.0860. The Kier molecular flexibility index (Phi) is 4.49. The molecule has 1 heterocycles. The van der Waals surface area contributed by atoms with Crippen LogP contribution in [0, 0.1) is 12.7 Å². The number of thioether (sulfide) groups is 1. The third kappa shape index (κ3) is 4.25. The Morgan fingerprint density at radius 1 is 1.60 bits per heavy atom. The predicted molar refractivity (Wildman–Crippen MR) is 61.1 cm³/mol. The van der Waals surface area contributed by atoms with Crippen molar-refractivity contribution >= 4 is 23.0 Å². The van der Waals surface area contributed by atoms with E-state index in [0.717, 1.165) is 0 Å². The van der Waals surface area contributed by atoms with Crippen LogP contribution in [0.15, 0.2) is 18.2 Å². The van der Waals surface area contributed by atoms with Gasteiger partial charge in [-0.3, -0.25) is 9.78 Å². The van der Waals surface area contributed by atoms with Crippen molar-refractivity contribution < 1.29 is 9.18 Å². The van der Waals surface area contributed by atoms with Gasteiger partial charge < -0.3 is 0 Å². The molecule has 1 rings (SSSR count). The number of carbonyl (C=O) groups excluding carboxylic acids is 1. The van der Waals surface area contributed by atoms with Crippen LogP contribution < -0.4 is 0 Å². The van der Waals surface area contributed by atoms with E-state index in [9.17, 15) is 9.18 Å². The van der Waals surface area contributed by atoms with Gasteiger partial charge >= 0.3 is 0 Å². The zero-order valence-corrected chi connectivity index (χ0v) is 9.47. The molecule has 2 nitrogen and oxygen atoms in total. The maximum absolute atomic E-state index is 12.9. The van der Waals surface area contributed by atoms with Gasteiger partial charge in [-0.1, -0.05) is 17.8 Å². The number of nitrogens with zero attached hydrogens (tertiary/aromatic N) is 1. The molecule has 1 aromatic heterocycles. The zero-order chi connectivity index (χ0) is 11.3. The van der Waals surface area contributed by atoms with Gasteiger partial charge in [0.05, 0.1) is 11.4 Å². The molecule has 0 saturated heterocycles. The molecule has 80 valence electrons. The highest BCUT2D eigenvalue weighted by Gasteiger charge is 1.97. The number of rotatable bonds is 3. The first-order chi connectivity index (χ1) is 7.09. The van der Waals surface area contributed by atoms with Crippen LogP contribution in [0.4, 0.5) is 4.39 Å². The lowest BCUT2D eigenvalue weighted by atomic mass is 10.3. The molecule has 0 radical (unpaired) electrons. The van der Waals surface area contributed by atoms with Crippen LogP contribution >= 0.6 is 11.8 Å². The standard InChI is InChI=1S/C11H12FNOS/c1-8-11(12)6-5-10(13-8)4-3-7-15-9(2)14/h3-6H,7H2,1-2H3. The average Bonchev–Trinajstić information content (AvgIpc) is 2.18. The van der Waals surface area contributed by atoms with E-state index in [-0.39, 0.29) is 10.9 Å². The van der Waals surface area contributed by atoms with Crippen molar-refractivity contribution in [2.45, 2.75) is 13.8 Å². The molecular formula is C11H12FNOS. The van der Waals surface area contributed by atoms with Crippen molar-refractivity contribution in [1.29, 1.82) is 0 Å². The molecule has 0 unspecified atom stereocenters. The van der Waals surface area contributed by atoms with Crippen molar-refractivity contribution in [3.05, 3.63) is 35.4 Å². The maximum Gasteiger partial charge on any atom is 0.186 e. The molecular weight excluding hydrogens is 213 g/mol. The fourth-order valence-electron chi connectivity index (χ4n) is 0.991. The molecule has 0 N–H and O–H groups in total. The molecule has 0 saturated carbocycles. The summed E-state index contributed by atoms with van der Waals surface area (Å²) in [6, 6.07) is 3.00. The monoisotopic (exact) mass is 225 g/mol. The topological polar surface area (TPSA) is 30.0 Å². The Morgan fingerprint density at radius 3 is 2.93 bits per heavy atom. The fraction of sp³-hybridized carbons (Fsp3) is 0.273. The first kappa shape index (κ1) is 11.9. The number of hydrogen-bond donors (Lipinski definition) is 0. The van der Waals surface area contributed by atoms with Gasteiger partial charge in [0.15, 0.2) is 5.12 Å². The lowest BCUT2D eigenvalue weighted by molar-refractivity contribution is -0.109. The van der Waals surface area contributed by atoms with Crippen molar-refractivity contribution in [3.8, 4) is 0 Å². The smallest absolute Gasteiger partial charge is 0.186 e. The molecule has 0 bridgehead atoms.